The molecule has 1 amide bonds. The van der Waals surface area contributed by atoms with E-state index in [1.165, 1.54) is 0 Å². The van der Waals surface area contributed by atoms with E-state index >= 15 is 0 Å². The predicted molar refractivity (Wildman–Crippen MR) is 109 cm³/mol. The normalized spacial score (nSPS) is 16.5. The lowest BCUT2D eigenvalue weighted by molar-refractivity contribution is -0.0154. The van der Waals surface area contributed by atoms with Crippen LogP contribution in [0.1, 0.15) is 34.7 Å². The quantitative estimate of drug-likeness (QED) is 0.618. The Labute approximate surface area is 174 Å². The fourth-order valence-electron chi connectivity index (χ4n) is 3.62. The highest BCUT2D eigenvalue weighted by Crippen LogP contribution is 2.24. The van der Waals surface area contributed by atoms with Gasteiger partial charge in [-0.1, -0.05) is 11.2 Å². The molecule has 2 aromatic heterocycles. The zero-order valence-electron chi connectivity index (χ0n) is 17.1. The number of rotatable bonds is 6. The number of carbonyl (C=O) groups excluding carboxylic acids is 1. The number of likely N-dealkylation sites (tertiary alicyclic amines) is 1. The average molecular weight is 408 g/mol. The molecule has 1 atom stereocenters. The van der Waals surface area contributed by atoms with Crippen LogP contribution in [0.15, 0.2) is 47.2 Å². The SMILES string of the molecule is COc1cccc(C(=O)N2CCCC(OCc3nc(-c4ccncc4)no3)C2)c1C. The van der Waals surface area contributed by atoms with Gasteiger partial charge in [0.2, 0.25) is 5.82 Å². The van der Waals surface area contributed by atoms with Crippen molar-refractivity contribution < 1.29 is 18.8 Å². The molecule has 0 bridgehead atoms. The lowest BCUT2D eigenvalue weighted by Gasteiger charge is -2.33. The number of methoxy groups -OCH3 is 1. The predicted octanol–water partition coefficient (Wildman–Crippen LogP) is 3.27. The zero-order valence-corrected chi connectivity index (χ0v) is 17.1. The highest BCUT2D eigenvalue weighted by Gasteiger charge is 2.27. The fourth-order valence-corrected chi connectivity index (χ4v) is 3.62. The van der Waals surface area contributed by atoms with Crippen molar-refractivity contribution in [3.63, 3.8) is 0 Å². The van der Waals surface area contributed by atoms with E-state index in [0.717, 1.165) is 24.0 Å². The Morgan fingerprint density at radius 2 is 2.10 bits per heavy atom. The highest BCUT2D eigenvalue weighted by molar-refractivity contribution is 5.96. The van der Waals surface area contributed by atoms with E-state index in [1.54, 1.807) is 19.5 Å². The van der Waals surface area contributed by atoms with Crippen molar-refractivity contribution in [2.45, 2.75) is 32.5 Å². The summed E-state index contributed by atoms with van der Waals surface area (Å²) >= 11 is 0. The smallest absolute Gasteiger partial charge is 0.254 e. The Balaban J connectivity index is 1.37. The van der Waals surface area contributed by atoms with Crippen LogP contribution in [0.3, 0.4) is 0 Å². The van der Waals surface area contributed by atoms with Crippen LogP contribution in [0.25, 0.3) is 11.4 Å². The van der Waals surface area contributed by atoms with Crippen molar-refractivity contribution in [2.75, 3.05) is 20.2 Å². The van der Waals surface area contributed by atoms with Gasteiger partial charge >= 0.3 is 0 Å². The van der Waals surface area contributed by atoms with Crippen LogP contribution in [-0.4, -0.2) is 52.2 Å². The van der Waals surface area contributed by atoms with E-state index in [2.05, 4.69) is 15.1 Å². The van der Waals surface area contributed by atoms with Crippen LogP contribution >= 0.6 is 0 Å². The summed E-state index contributed by atoms with van der Waals surface area (Å²) < 4.78 is 16.6. The summed E-state index contributed by atoms with van der Waals surface area (Å²) in [6.45, 7) is 3.35. The Morgan fingerprint density at radius 1 is 1.27 bits per heavy atom. The second-order valence-corrected chi connectivity index (χ2v) is 7.21. The van der Waals surface area contributed by atoms with Gasteiger partial charge in [-0.25, -0.2) is 0 Å². The minimum atomic E-state index is -0.0788. The van der Waals surface area contributed by atoms with Gasteiger partial charge in [-0.05, 0) is 44.0 Å². The summed E-state index contributed by atoms with van der Waals surface area (Å²) in [5, 5.41) is 3.99. The first kappa shape index (κ1) is 20.0. The number of hydrogen-bond acceptors (Lipinski definition) is 7. The molecule has 3 heterocycles. The summed E-state index contributed by atoms with van der Waals surface area (Å²) in [7, 11) is 1.61. The van der Waals surface area contributed by atoms with Gasteiger partial charge in [-0.15, -0.1) is 0 Å². The average Bonchev–Trinajstić information content (AvgIpc) is 3.27. The van der Waals surface area contributed by atoms with Gasteiger partial charge in [0.15, 0.2) is 0 Å². The van der Waals surface area contributed by atoms with Gasteiger partial charge in [-0.2, -0.15) is 4.98 Å². The molecule has 1 fully saturated rings. The number of piperidine rings is 1. The van der Waals surface area contributed by atoms with E-state index in [0.29, 0.717) is 36.1 Å². The molecule has 3 aromatic rings. The fraction of sp³-hybridized carbons (Fsp3) is 0.364. The number of hydrogen-bond donors (Lipinski definition) is 0. The summed E-state index contributed by atoms with van der Waals surface area (Å²) in [5.74, 6) is 1.63. The molecular formula is C22H24N4O4. The lowest BCUT2D eigenvalue weighted by Crippen LogP contribution is -2.43. The molecule has 1 aliphatic heterocycles. The second-order valence-electron chi connectivity index (χ2n) is 7.21. The zero-order chi connectivity index (χ0) is 20.9. The number of nitrogens with zero attached hydrogens (tertiary/aromatic N) is 4. The Morgan fingerprint density at radius 3 is 2.90 bits per heavy atom. The largest absolute Gasteiger partial charge is 0.496 e. The standard InChI is InChI=1S/C22H24N4O4/c1-15-18(6-3-7-19(15)28-2)22(27)26-12-4-5-17(13-26)29-14-20-24-21(25-30-20)16-8-10-23-11-9-16/h3,6-11,17H,4-5,12-14H2,1-2H3. The van der Waals surface area contributed by atoms with Gasteiger partial charge in [-0.3, -0.25) is 9.78 Å². The Bertz CT molecular complexity index is 1010. The number of ether oxygens (including phenoxy) is 2. The van der Waals surface area contributed by atoms with Crippen molar-refractivity contribution in [3.8, 4) is 17.1 Å². The van der Waals surface area contributed by atoms with E-state index in [-0.39, 0.29) is 18.6 Å². The van der Waals surface area contributed by atoms with E-state index in [9.17, 15) is 4.79 Å². The van der Waals surface area contributed by atoms with Crippen LogP contribution in [0.5, 0.6) is 5.75 Å². The van der Waals surface area contributed by atoms with Gasteiger partial charge in [0, 0.05) is 42.2 Å². The van der Waals surface area contributed by atoms with Crippen molar-refractivity contribution in [3.05, 3.63) is 59.7 Å². The number of benzene rings is 1. The summed E-state index contributed by atoms with van der Waals surface area (Å²) in [6, 6.07) is 9.18. The topological polar surface area (TPSA) is 90.6 Å². The second kappa shape index (κ2) is 9.04. The lowest BCUT2D eigenvalue weighted by atomic mass is 10.0. The first-order valence-corrected chi connectivity index (χ1v) is 9.93. The molecule has 0 spiro atoms. The van der Waals surface area contributed by atoms with Crippen molar-refractivity contribution in [1.82, 2.24) is 20.0 Å². The molecule has 1 aliphatic rings. The third kappa shape index (κ3) is 4.33. The van der Waals surface area contributed by atoms with Crippen molar-refractivity contribution in [1.29, 1.82) is 0 Å². The maximum atomic E-state index is 13.0. The molecule has 1 unspecified atom stereocenters. The molecule has 8 heteroatoms. The maximum Gasteiger partial charge on any atom is 0.254 e. The molecule has 0 saturated carbocycles. The van der Waals surface area contributed by atoms with Crippen LogP contribution in [0.2, 0.25) is 0 Å². The minimum absolute atomic E-state index is 0.00235. The Kier molecular flexibility index (Phi) is 6.04. The molecule has 30 heavy (non-hydrogen) atoms. The molecular weight excluding hydrogens is 384 g/mol. The molecule has 1 saturated heterocycles. The van der Waals surface area contributed by atoms with Crippen LogP contribution in [-0.2, 0) is 11.3 Å². The van der Waals surface area contributed by atoms with Crippen molar-refractivity contribution in [2.24, 2.45) is 0 Å². The first-order valence-electron chi connectivity index (χ1n) is 9.93. The molecule has 8 nitrogen and oxygen atoms in total. The first-order chi connectivity index (χ1) is 14.7. The van der Waals surface area contributed by atoms with Gasteiger partial charge in [0.1, 0.15) is 12.4 Å². The summed E-state index contributed by atoms with van der Waals surface area (Å²) in [6.07, 6.45) is 5.04. The minimum Gasteiger partial charge on any atom is -0.496 e. The molecule has 4 rings (SSSR count). The van der Waals surface area contributed by atoms with Crippen LogP contribution < -0.4 is 4.74 Å². The molecule has 0 N–H and O–H groups in total. The molecule has 0 aliphatic carbocycles. The summed E-state index contributed by atoms with van der Waals surface area (Å²) in [4.78, 5) is 23.2. The highest BCUT2D eigenvalue weighted by atomic mass is 16.5. The Hall–Kier alpha value is -3.26. The van der Waals surface area contributed by atoms with Crippen LogP contribution in [0.4, 0.5) is 0 Å². The number of amides is 1. The maximum absolute atomic E-state index is 13.0. The summed E-state index contributed by atoms with van der Waals surface area (Å²) in [5.41, 5.74) is 2.35. The number of carbonyl (C=O) groups is 1. The van der Waals surface area contributed by atoms with E-state index in [1.807, 2.05) is 42.2 Å². The molecule has 1 aromatic carbocycles. The van der Waals surface area contributed by atoms with Crippen molar-refractivity contribution >= 4 is 5.91 Å². The number of aromatic nitrogens is 3. The third-order valence-electron chi connectivity index (χ3n) is 5.25. The molecule has 156 valence electrons. The van der Waals surface area contributed by atoms with Gasteiger partial charge < -0.3 is 18.9 Å². The third-order valence-corrected chi connectivity index (χ3v) is 5.25. The molecule has 0 radical (unpaired) electrons. The van der Waals surface area contributed by atoms with Gasteiger partial charge in [0.25, 0.3) is 11.8 Å². The van der Waals surface area contributed by atoms with Gasteiger partial charge in [0.05, 0.1) is 13.2 Å². The van der Waals surface area contributed by atoms with E-state index < -0.39 is 0 Å². The van der Waals surface area contributed by atoms with E-state index in [4.69, 9.17) is 14.0 Å². The number of pyridine rings is 1. The monoisotopic (exact) mass is 408 g/mol. The van der Waals surface area contributed by atoms with Crippen LogP contribution in [0, 0.1) is 6.92 Å².